The SMILES string of the molecule is CN(c1cccc(F)c1)c1cccc(Cl)c1CCN. The first-order valence-electron chi connectivity index (χ1n) is 6.10. The van der Waals surface area contributed by atoms with Gasteiger partial charge in [-0.3, -0.25) is 0 Å². The van der Waals surface area contributed by atoms with Gasteiger partial charge in [-0.1, -0.05) is 23.7 Å². The van der Waals surface area contributed by atoms with E-state index in [1.807, 2.05) is 36.2 Å². The van der Waals surface area contributed by atoms with Crippen molar-refractivity contribution in [2.75, 3.05) is 18.5 Å². The van der Waals surface area contributed by atoms with Gasteiger partial charge in [0.2, 0.25) is 0 Å². The van der Waals surface area contributed by atoms with Crippen LogP contribution in [-0.4, -0.2) is 13.6 Å². The minimum absolute atomic E-state index is 0.258. The van der Waals surface area contributed by atoms with E-state index in [2.05, 4.69) is 0 Å². The molecule has 0 heterocycles. The Hall–Kier alpha value is -1.58. The summed E-state index contributed by atoms with van der Waals surface area (Å²) in [6.45, 7) is 0.522. The molecule has 0 aliphatic heterocycles. The summed E-state index contributed by atoms with van der Waals surface area (Å²) in [5.41, 5.74) is 8.33. The van der Waals surface area contributed by atoms with Gasteiger partial charge in [-0.2, -0.15) is 0 Å². The fourth-order valence-electron chi connectivity index (χ4n) is 2.08. The van der Waals surface area contributed by atoms with Gasteiger partial charge >= 0.3 is 0 Å². The molecule has 4 heteroatoms. The second-order valence-electron chi connectivity index (χ2n) is 4.32. The molecule has 0 aliphatic rings. The van der Waals surface area contributed by atoms with Gasteiger partial charge in [0.25, 0.3) is 0 Å². The van der Waals surface area contributed by atoms with E-state index in [4.69, 9.17) is 17.3 Å². The van der Waals surface area contributed by atoms with Gasteiger partial charge in [0.15, 0.2) is 0 Å². The lowest BCUT2D eigenvalue weighted by atomic mass is 10.1. The van der Waals surface area contributed by atoms with Crippen molar-refractivity contribution in [2.45, 2.75) is 6.42 Å². The highest BCUT2D eigenvalue weighted by Crippen LogP contribution is 2.31. The van der Waals surface area contributed by atoms with Crippen LogP contribution in [0.5, 0.6) is 0 Å². The standard InChI is InChI=1S/C15H16ClFN2/c1-19(12-5-2-4-11(17)10-12)15-7-3-6-14(16)13(15)8-9-18/h2-7,10H,8-9,18H2,1H3. The van der Waals surface area contributed by atoms with Crippen molar-refractivity contribution in [3.8, 4) is 0 Å². The van der Waals surface area contributed by atoms with Gasteiger partial charge in [0.1, 0.15) is 5.82 Å². The fraction of sp³-hybridized carbons (Fsp3) is 0.200. The molecular weight excluding hydrogens is 263 g/mol. The Morgan fingerprint density at radius 2 is 1.95 bits per heavy atom. The maximum atomic E-state index is 13.3. The van der Waals surface area contributed by atoms with Crippen LogP contribution < -0.4 is 10.6 Å². The Morgan fingerprint density at radius 3 is 2.63 bits per heavy atom. The molecule has 0 radical (unpaired) electrons. The lowest BCUT2D eigenvalue weighted by molar-refractivity contribution is 0.628. The second kappa shape index (κ2) is 6.04. The van der Waals surface area contributed by atoms with E-state index < -0.39 is 0 Å². The molecular formula is C15H16ClFN2. The third-order valence-electron chi connectivity index (χ3n) is 3.05. The number of benzene rings is 2. The number of nitrogens with zero attached hydrogens (tertiary/aromatic N) is 1. The highest BCUT2D eigenvalue weighted by Gasteiger charge is 2.12. The summed E-state index contributed by atoms with van der Waals surface area (Å²) in [6, 6.07) is 12.2. The molecule has 0 atom stereocenters. The number of hydrogen-bond acceptors (Lipinski definition) is 2. The van der Waals surface area contributed by atoms with E-state index in [1.165, 1.54) is 12.1 Å². The summed E-state index contributed by atoms with van der Waals surface area (Å²) in [5.74, 6) is -0.258. The van der Waals surface area contributed by atoms with E-state index >= 15 is 0 Å². The number of halogens is 2. The van der Waals surface area contributed by atoms with Crippen LogP contribution >= 0.6 is 11.6 Å². The van der Waals surface area contributed by atoms with Crippen LogP contribution in [0.25, 0.3) is 0 Å². The Morgan fingerprint density at radius 1 is 1.21 bits per heavy atom. The molecule has 19 heavy (non-hydrogen) atoms. The van der Waals surface area contributed by atoms with Crippen LogP contribution in [0.4, 0.5) is 15.8 Å². The maximum Gasteiger partial charge on any atom is 0.125 e. The van der Waals surface area contributed by atoms with Crippen molar-refractivity contribution in [2.24, 2.45) is 5.73 Å². The van der Waals surface area contributed by atoms with Gasteiger partial charge in [0.05, 0.1) is 0 Å². The Kier molecular flexibility index (Phi) is 4.40. The molecule has 2 aromatic rings. The molecule has 2 N–H and O–H groups in total. The average Bonchev–Trinajstić information content (AvgIpc) is 2.40. The van der Waals surface area contributed by atoms with Crippen molar-refractivity contribution in [1.29, 1.82) is 0 Å². The Labute approximate surface area is 117 Å². The van der Waals surface area contributed by atoms with E-state index in [1.54, 1.807) is 6.07 Å². The third kappa shape index (κ3) is 3.06. The molecule has 2 rings (SSSR count). The van der Waals surface area contributed by atoms with E-state index in [-0.39, 0.29) is 5.82 Å². The van der Waals surface area contributed by atoms with Gasteiger partial charge in [-0.15, -0.1) is 0 Å². The van der Waals surface area contributed by atoms with Crippen molar-refractivity contribution >= 4 is 23.0 Å². The molecule has 0 aromatic heterocycles. The Balaban J connectivity index is 2.43. The third-order valence-corrected chi connectivity index (χ3v) is 3.40. The maximum absolute atomic E-state index is 13.3. The molecule has 0 saturated heterocycles. The fourth-order valence-corrected chi connectivity index (χ4v) is 2.34. The van der Waals surface area contributed by atoms with E-state index in [9.17, 15) is 4.39 Å². The second-order valence-corrected chi connectivity index (χ2v) is 4.72. The quantitative estimate of drug-likeness (QED) is 0.923. The van der Waals surface area contributed by atoms with E-state index in [0.29, 0.717) is 18.0 Å². The summed E-state index contributed by atoms with van der Waals surface area (Å²) < 4.78 is 13.3. The van der Waals surface area contributed by atoms with Crippen LogP contribution in [-0.2, 0) is 6.42 Å². The highest BCUT2D eigenvalue weighted by atomic mass is 35.5. The first-order valence-corrected chi connectivity index (χ1v) is 6.48. The number of rotatable bonds is 4. The zero-order valence-electron chi connectivity index (χ0n) is 10.7. The van der Waals surface area contributed by atoms with Gasteiger partial charge in [-0.25, -0.2) is 4.39 Å². The largest absolute Gasteiger partial charge is 0.344 e. The van der Waals surface area contributed by atoms with Crippen LogP contribution in [0, 0.1) is 5.82 Å². The molecule has 0 fully saturated rings. The molecule has 0 bridgehead atoms. The molecule has 0 amide bonds. The number of hydrogen-bond donors (Lipinski definition) is 1. The molecule has 0 aliphatic carbocycles. The lowest BCUT2D eigenvalue weighted by Crippen LogP contribution is -2.14. The number of nitrogens with two attached hydrogens (primary N) is 1. The minimum atomic E-state index is -0.258. The monoisotopic (exact) mass is 278 g/mol. The summed E-state index contributed by atoms with van der Waals surface area (Å²) in [4.78, 5) is 1.92. The molecule has 0 unspecified atom stereocenters. The predicted octanol–water partition coefficient (Wildman–Crippen LogP) is 3.75. The lowest BCUT2D eigenvalue weighted by Gasteiger charge is -2.23. The van der Waals surface area contributed by atoms with Crippen LogP contribution in [0.15, 0.2) is 42.5 Å². The zero-order chi connectivity index (χ0) is 13.8. The summed E-state index contributed by atoms with van der Waals surface area (Å²) >= 11 is 6.21. The number of anilines is 2. The van der Waals surface area contributed by atoms with Crippen LogP contribution in [0.1, 0.15) is 5.56 Å². The Bertz CT molecular complexity index is 572. The normalized spacial score (nSPS) is 10.5. The zero-order valence-corrected chi connectivity index (χ0v) is 11.5. The molecule has 2 aromatic carbocycles. The first kappa shape index (κ1) is 13.8. The average molecular weight is 279 g/mol. The van der Waals surface area contributed by atoms with Crippen LogP contribution in [0.3, 0.4) is 0 Å². The molecule has 2 nitrogen and oxygen atoms in total. The summed E-state index contributed by atoms with van der Waals surface area (Å²) in [6.07, 6.45) is 0.689. The summed E-state index contributed by atoms with van der Waals surface area (Å²) in [5, 5.41) is 0.686. The van der Waals surface area contributed by atoms with Crippen molar-refractivity contribution in [1.82, 2.24) is 0 Å². The first-order chi connectivity index (χ1) is 9.13. The predicted molar refractivity (Wildman–Crippen MR) is 78.7 cm³/mol. The van der Waals surface area contributed by atoms with Gasteiger partial charge < -0.3 is 10.6 Å². The highest BCUT2D eigenvalue weighted by molar-refractivity contribution is 6.31. The van der Waals surface area contributed by atoms with Crippen molar-refractivity contribution < 1.29 is 4.39 Å². The topological polar surface area (TPSA) is 29.3 Å². The van der Waals surface area contributed by atoms with E-state index in [0.717, 1.165) is 16.9 Å². The molecule has 0 saturated carbocycles. The van der Waals surface area contributed by atoms with Crippen LogP contribution in [0.2, 0.25) is 5.02 Å². The van der Waals surface area contributed by atoms with Gasteiger partial charge in [0, 0.05) is 23.4 Å². The molecule has 0 spiro atoms. The van der Waals surface area contributed by atoms with Crippen molar-refractivity contribution in [3.63, 3.8) is 0 Å². The summed E-state index contributed by atoms with van der Waals surface area (Å²) in [7, 11) is 1.89. The smallest absolute Gasteiger partial charge is 0.125 e. The van der Waals surface area contributed by atoms with Gasteiger partial charge in [-0.05, 0) is 48.9 Å². The van der Waals surface area contributed by atoms with Crippen molar-refractivity contribution in [3.05, 3.63) is 58.9 Å². The minimum Gasteiger partial charge on any atom is -0.344 e. The molecule has 100 valence electrons.